The molecule has 0 aliphatic carbocycles. The molecule has 0 bridgehead atoms. The molecule has 0 aliphatic rings. The van der Waals surface area contributed by atoms with E-state index in [9.17, 15) is 4.79 Å². The number of carbonyl (C=O) groups is 1. The molecule has 0 aliphatic heterocycles. The molecule has 0 saturated carbocycles. The molecule has 1 N–H and O–H groups in total. The monoisotopic (exact) mass is 377 g/mol. The van der Waals surface area contributed by atoms with Gasteiger partial charge in [-0.1, -0.05) is 54.1 Å². The summed E-state index contributed by atoms with van der Waals surface area (Å²) in [4.78, 5) is 13.0. The van der Waals surface area contributed by atoms with E-state index in [1.807, 2.05) is 79.7 Å². The van der Waals surface area contributed by atoms with Gasteiger partial charge in [-0.3, -0.25) is 4.79 Å². The standard InChI is InChI=1S/C23H20ClNO2/c1-16-14-19(24)10-13-22(16)25-23(26)21(18-6-4-3-5-7-18)15-17-8-11-20(27-2)12-9-17/h3-15H,1-2H3,(H,25,26)/b21-15+. The Hall–Kier alpha value is -3.04. The van der Waals surface area contributed by atoms with Crippen LogP contribution in [0, 0.1) is 6.92 Å². The average molecular weight is 378 g/mol. The lowest BCUT2D eigenvalue weighted by atomic mass is 10.0. The predicted molar refractivity (Wildman–Crippen MR) is 112 cm³/mol. The summed E-state index contributed by atoms with van der Waals surface area (Å²) in [6.45, 7) is 1.91. The Bertz CT molecular complexity index is 963. The maximum absolute atomic E-state index is 13.0. The topological polar surface area (TPSA) is 38.3 Å². The van der Waals surface area contributed by atoms with Crippen LogP contribution in [0.15, 0.2) is 72.8 Å². The first-order chi connectivity index (χ1) is 13.1. The quantitative estimate of drug-likeness (QED) is 0.448. The largest absolute Gasteiger partial charge is 0.497 e. The number of aryl methyl sites for hydroxylation is 1. The van der Waals surface area contributed by atoms with Gasteiger partial charge in [0.2, 0.25) is 0 Å². The van der Waals surface area contributed by atoms with Crippen molar-refractivity contribution in [3.8, 4) is 5.75 Å². The number of hydrogen-bond donors (Lipinski definition) is 1. The number of ether oxygens (including phenoxy) is 1. The maximum Gasteiger partial charge on any atom is 0.256 e. The lowest BCUT2D eigenvalue weighted by molar-refractivity contribution is -0.111. The van der Waals surface area contributed by atoms with Crippen molar-refractivity contribution in [2.75, 3.05) is 12.4 Å². The highest BCUT2D eigenvalue weighted by Crippen LogP contribution is 2.24. The summed E-state index contributed by atoms with van der Waals surface area (Å²) in [5.41, 5.74) is 3.99. The van der Waals surface area contributed by atoms with Gasteiger partial charge in [-0.25, -0.2) is 0 Å². The Morgan fingerprint density at radius 3 is 2.33 bits per heavy atom. The van der Waals surface area contributed by atoms with Gasteiger partial charge in [0.05, 0.1) is 7.11 Å². The van der Waals surface area contributed by atoms with Crippen LogP contribution in [0.5, 0.6) is 5.75 Å². The fourth-order valence-electron chi connectivity index (χ4n) is 2.72. The Morgan fingerprint density at radius 1 is 1.00 bits per heavy atom. The molecule has 1 amide bonds. The van der Waals surface area contributed by atoms with Crippen molar-refractivity contribution in [3.63, 3.8) is 0 Å². The number of nitrogens with one attached hydrogen (secondary N) is 1. The van der Waals surface area contributed by atoms with Gasteiger partial charge in [0.1, 0.15) is 5.75 Å². The third-order valence-electron chi connectivity index (χ3n) is 4.19. The van der Waals surface area contributed by atoms with E-state index in [1.165, 1.54) is 0 Å². The highest BCUT2D eigenvalue weighted by atomic mass is 35.5. The van der Waals surface area contributed by atoms with Crippen molar-refractivity contribution in [2.45, 2.75) is 6.92 Å². The maximum atomic E-state index is 13.0. The zero-order valence-corrected chi connectivity index (χ0v) is 16.0. The van der Waals surface area contributed by atoms with Crippen molar-refractivity contribution in [2.24, 2.45) is 0 Å². The van der Waals surface area contributed by atoms with Gasteiger partial charge < -0.3 is 10.1 Å². The molecule has 0 saturated heterocycles. The summed E-state index contributed by atoms with van der Waals surface area (Å²) < 4.78 is 5.20. The number of methoxy groups -OCH3 is 1. The molecule has 3 aromatic rings. The van der Waals surface area contributed by atoms with Crippen LogP contribution in [0.2, 0.25) is 5.02 Å². The smallest absolute Gasteiger partial charge is 0.256 e. The molecule has 27 heavy (non-hydrogen) atoms. The molecule has 3 nitrogen and oxygen atoms in total. The average Bonchev–Trinajstić information content (AvgIpc) is 2.69. The Morgan fingerprint density at radius 2 is 1.70 bits per heavy atom. The highest BCUT2D eigenvalue weighted by molar-refractivity contribution is 6.31. The molecule has 0 fully saturated rings. The minimum Gasteiger partial charge on any atom is -0.497 e. The molecule has 0 radical (unpaired) electrons. The fourth-order valence-corrected chi connectivity index (χ4v) is 2.95. The third kappa shape index (κ3) is 4.78. The summed E-state index contributed by atoms with van der Waals surface area (Å²) in [5.74, 6) is 0.595. The number of benzene rings is 3. The molecule has 0 aromatic heterocycles. The van der Waals surface area contributed by atoms with Gasteiger partial charge in [0.15, 0.2) is 0 Å². The first-order valence-electron chi connectivity index (χ1n) is 8.55. The predicted octanol–water partition coefficient (Wildman–Crippen LogP) is 5.84. The van der Waals surface area contributed by atoms with Crippen LogP contribution < -0.4 is 10.1 Å². The highest BCUT2D eigenvalue weighted by Gasteiger charge is 2.13. The van der Waals surface area contributed by atoms with Crippen LogP contribution in [-0.4, -0.2) is 13.0 Å². The van der Waals surface area contributed by atoms with Gasteiger partial charge in [0.25, 0.3) is 5.91 Å². The van der Waals surface area contributed by atoms with Crippen molar-refractivity contribution in [1.82, 2.24) is 0 Å². The normalized spacial score (nSPS) is 11.1. The first kappa shape index (κ1) is 18.7. The van der Waals surface area contributed by atoms with E-state index in [0.29, 0.717) is 10.6 Å². The Balaban J connectivity index is 1.96. The molecule has 0 unspecified atom stereocenters. The number of anilines is 1. The van der Waals surface area contributed by atoms with E-state index in [-0.39, 0.29) is 5.91 Å². The molecule has 0 heterocycles. The number of hydrogen-bond acceptors (Lipinski definition) is 2. The van der Waals surface area contributed by atoms with Crippen LogP contribution in [0.1, 0.15) is 16.7 Å². The van der Waals surface area contributed by atoms with E-state index in [4.69, 9.17) is 16.3 Å². The summed E-state index contributed by atoms with van der Waals surface area (Å²) in [5, 5.41) is 3.63. The second kappa shape index (κ2) is 8.56. The summed E-state index contributed by atoms with van der Waals surface area (Å²) in [6, 6.07) is 22.6. The van der Waals surface area contributed by atoms with Gasteiger partial charge in [0, 0.05) is 16.3 Å². The van der Waals surface area contributed by atoms with Crippen LogP contribution in [0.25, 0.3) is 11.6 Å². The van der Waals surface area contributed by atoms with Crippen LogP contribution >= 0.6 is 11.6 Å². The van der Waals surface area contributed by atoms with Gasteiger partial charge >= 0.3 is 0 Å². The summed E-state index contributed by atoms with van der Waals surface area (Å²) in [6.07, 6.45) is 1.87. The molecule has 0 atom stereocenters. The van der Waals surface area contributed by atoms with Gasteiger partial charge in [-0.15, -0.1) is 0 Å². The van der Waals surface area contributed by atoms with E-state index in [1.54, 1.807) is 13.2 Å². The SMILES string of the molecule is COc1ccc(/C=C(/C(=O)Nc2ccc(Cl)cc2C)c2ccccc2)cc1. The minimum absolute atomic E-state index is 0.178. The Kier molecular flexibility index (Phi) is 5.94. The lowest BCUT2D eigenvalue weighted by Gasteiger charge is -2.12. The zero-order chi connectivity index (χ0) is 19.2. The molecule has 3 aromatic carbocycles. The van der Waals surface area contributed by atoms with E-state index < -0.39 is 0 Å². The van der Waals surface area contributed by atoms with Crippen molar-refractivity contribution < 1.29 is 9.53 Å². The molecule has 0 spiro atoms. The Labute approximate surface area is 164 Å². The number of amides is 1. The summed E-state index contributed by atoms with van der Waals surface area (Å²) >= 11 is 6.01. The number of halogens is 1. The molecular weight excluding hydrogens is 358 g/mol. The zero-order valence-electron chi connectivity index (χ0n) is 15.2. The first-order valence-corrected chi connectivity index (χ1v) is 8.93. The number of rotatable bonds is 5. The van der Waals surface area contributed by atoms with E-state index in [2.05, 4.69) is 5.32 Å². The van der Waals surface area contributed by atoms with Crippen LogP contribution in [0.4, 0.5) is 5.69 Å². The third-order valence-corrected chi connectivity index (χ3v) is 4.43. The molecule has 4 heteroatoms. The number of carbonyl (C=O) groups excluding carboxylic acids is 1. The van der Waals surface area contributed by atoms with Crippen molar-refractivity contribution in [1.29, 1.82) is 0 Å². The fraction of sp³-hybridized carbons (Fsp3) is 0.0870. The van der Waals surface area contributed by atoms with Crippen molar-refractivity contribution in [3.05, 3.63) is 94.5 Å². The van der Waals surface area contributed by atoms with Crippen LogP contribution in [-0.2, 0) is 4.79 Å². The lowest BCUT2D eigenvalue weighted by Crippen LogP contribution is -2.14. The second-order valence-electron chi connectivity index (χ2n) is 6.11. The molecule has 3 rings (SSSR count). The van der Waals surface area contributed by atoms with Crippen LogP contribution in [0.3, 0.4) is 0 Å². The minimum atomic E-state index is -0.178. The van der Waals surface area contributed by atoms with Gasteiger partial charge in [-0.05, 0) is 60.0 Å². The molecular formula is C23H20ClNO2. The second-order valence-corrected chi connectivity index (χ2v) is 6.55. The molecule has 136 valence electrons. The summed E-state index contributed by atoms with van der Waals surface area (Å²) in [7, 11) is 1.63. The van der Waals surface area contributed by atoms with Gasteiger partial charge in [-0.2, -0.15) is 0 Å². The van der Waals surface area contributed by atoms with E-state index in [0.717, 1.165) is 28.1 Å². The van der Waals surface area contributed by atoms with Crippen molar-refractivity contribution >= 4 is 34.8 Å². The van der Waals surface area contributed by atoms with E-state index >= 15 is 0 Å².